The topological polar surface area (TPSA) is 87.5 Å². The van der Waals surface area contributed by atoms with Gasteiger partial charge >= 0.3 is 0 Å². The molecule has 110 valence electrons. The van der Waals surface area contributed by atoms with Crippen molar-refractivity contribution in [3.63, 3.8) is 0 Å². The van der Waals surface area contributed by atoms with Crippen molar-refractivity contribution in [2.45, 2.75) is 19.9 Å². The van der Waals surface area contributed by atoms with Crippen LogP contribution in [0.25, 0.3) is 0 Å². The molecule has 0 fully saturated rings. The molecule has 0 aliphatic heterocycles. The summed E-state index contributed by atoms with van der Waals surface area (Å²) in [6.07, 6.45) is 0.922. The number of benzene rings is 1. The lowest BCUT2D eigenvalue weighted by Crippen LogP contribution is -2.35. The van der Waals surface area contributed by atoms with Gasteiger partial charge in [-0.1, -0.05) is 19.1 Å². The third kappa shape index (κ3) is 5.38. The highest BCUT2D eigenvalue weighted by molar-refractivity contribution is 5.93. The Morgan fingerprint density at radius 2 is 2.10 bits per heavy atom. The number of nitrogens with two attached hydrogens (primary N) is 1. The number of nitrogens with one attached hydrogen (secondary N) is 2. The molecule has 1 aromatic carbocycles. The van der Waals surface area contributed by atoms with Gasteiger partial charge in [-0.25, -0.2) is 5.84 Å². The van der Waals surface area contributed by atoms with E-state index in [-0.39, 0.29) is 11.8 Å². The minimum absolute atomic E-state index is 0.00482. The van der Waals surface area contributed by atoms with Gasteiger partial charge in [0.15, 0.2) is 0 Å². The second-order valence-corrected chi connectivity index (χ2v) is 4.70. The molecule has 0 aromatic heterocycles. The zero-order valence-corrected chi connectivity index (χ0v) is 12.0. The Kier molecular flexibility index (Phi) is 6.69. The van der Waals surface area contributed by atoms with Crippen LogP contribution in [0.15, 0.2) is 24.3 Å². The quantitative estimate of drug-likeness (QED) is 0.379. The van der Waals surface area contributed by atoms with Gasteiger partial charge in [-0.15, -0.1) is 0 Å². The number of amides is 2. The van der Waals surface area contributed by atoms with Crippen LogP contribution in [-0.4, -0.2) is 36.9 Å². The molecule has 0 aliphatic rings. The molecule has 1 rings (SSSR count). The number of rotatable bonds is 7. The first kappa shape index (κ1) is 16.1. The van der Waals surface area contributed by atoms with Crippen LogP contribution in [0.5, 0.6) is 0 Å². The third-order valence-electron chi connectivity index (χ3n) is 2.76. The van der Waals surface area contributed by atoms with Crippen molar-refractivity contribution in [2.24, 2.45) is 5.84 Å². The lowest BCUT2D eigenvalue weighted by Gasteiger charge is -2.16. The monoisotopic (exact) mass is 278 g/mol. The Morgan fingerprint density at radius 1 is 1.35 bits per heavy atom. The molecule has 0 spiro atoms. The molecule has 0 saturated heterocycles. The van der Waals surface area contributed by atoms with E-state index in [0.717, 1.165) is 12.0 Å². The van der Waals surface area contributed by atoms with Crippen molar-refractivity contribution in [1.82, 2.24) is 15.6 Å². The van der Waals surface area contributed by atoms with Crippen LogP contribution in [-0.2, 0) is 11.3 Å². The predicted octanol–water partition coefficient (Wildman–Crippen LogP) is 0.248. The van der Waals surface area contributed by atoms with Gasteiger partial charge in [0, 0.05) is 18.7 Å². The Bertz CT molecular complexity index is 462. The average Bonchev–Trinajstić information content (AvgIpc) is 2.44. The number of carbonyl (C=O) groups is 2. The van der Waals surface area contributed by atoms with Gasteiger partial charge in [0.2, 0.25) is 5.91 Å². The summed E-state index contributed by atoms with van der Waals surface area (Å²) in [7, 11) is 1.86. The fraction of sp³-hybridized carbons (Fsp3) is 0.429. The first-order chi connectivity index (χ1) is 9.56. The van der Waals surface area contributed by atoms with E-state index in [1.165, 1.54) is 0 Å². The Labute approximate surface area is 119 Å². The van der Waals surface area contributed by atoms with Gasteiger partial charge in [-0.3, -0.25) is 19.9 Å². The second kappa shape index (κ2) is 8.29. The number of hydrogen-bond acceptors (Lipinski definition) is 4. The van der Waals surface area contributed by atoms with Crippen molar-refractivity contribution in [3.05, 3.63) is 35.4 Å². The van der Waals surface area contributed by atoms with E-state index in [1.54, 1.807) is 18.2 Å². The van der Waals surface area contributed by atoms with E-state index in [0.29, 0.717) is 25.2 Å². The van der Waals surface area contributed by atoms with Crippen molar-refractivity contribution in [2.75, 3.05) is 20.1 Å². The van der Waals surface area contributed by atoms with E-state index >= 15 is 0 Å². The van der Waals surface area contributed by atoms with Gasteiger partial charge < -0.3 is 5.32 Å². The largest absolute Gasteiger partial charge is 0.355 e. The van der Waals surface area contributed by atoms with Gasteiger partial charge in [0.25, 0.3) is 5.91 Å². The first-order valence-electron chi connectivity index (χ1n) is 6.62. The van der Waals surface area contributed by atoms with Gasteiger partial charge in [0.05, 0.1) is 6.54 Å². The number of nitrogens with zero attached hydrogens (tertiary/aromatic N) is 1. The number of hydrazine groups is 1. The minimum atomic E-state index is -0.324. The molecule has 6 nitrogen and oxygen atoms in total. The van der Waals surface area contributed by atoms with E-state index in [4.69, 9.17) is 5.84 Å². The molecule has 0 atom stereocenters. The van der Waals surface area contributed by atoms with Crippen molar-refractivity contribution in [3.8, 4) is 0 Å². The molecule has 1 aromatic rings. The molecule has 20 heavy (non-hydrogen) atoms. The molecule has 6 heteroatoms. The molecule has 4 N–H and O–H groups in total. The molecule has 0 bridgehead atoms. The summed E-state index contributed by atoms with van der Waals surface area (Å²) < 4.78 is 0. The maximum atomic E-state index is 11.6. The Balaban J connectivity index is 2.55. The van der Waals surface area contributed by atoms with Crippen molar-refractivity contribution in [1.29, 1.82) is 0 Å². The van der Waals surface area contributed by atoms with Gasteiger partial charge in [0.1, 0.15) is 0 Å². The molecule has 0 radical (unpaired) electrons. The standard InChI is InChI=1S/C14H22N4O2/c1-3-7-16-13(19)10-18(2)9-11-5-4-6-12(8-11)14(20)17-15/h4-6,8H,3,7,9-10,15H2,1-2H3,(H,16,19)(H,17,20). The fourth-order valence-corrected chi connectivity index (χ4v) is 1.83. The van der Waals surface area contributed by atoms with Crippen LogP contribution >= 0.6 is 0 Å². The molecule has 2 amide bonds. The lowest BCUT2D eigenvalue weighted by molar-refractivity contribution is -0.122. The maximum Gasteiger partial charge on any atom is 0.265 e. The normalized spacial score (nSPS) is 10.4. The van der Waals surface area contributed by atoms with E-state index in [1.807, 2.05) is 24.9 Å². The smallest absolute Gasteiger partial charge is 0.265 e. The fourth-order valence-electron chi connectivity index (χ4n) is 1.83. The number of hydrogen-bond donors (Lipinski definition) is 3. The molecular formula is C14H22N4O2. The van der Waals surface area contributed by atoms with E-state index in [2.05, 4.69) is 10.7 Å². The SMILES string of the molecule is CCCNC(=O)CN(C)Cc1cccc(C(=O)NN)c1. The van der Waals surface area contributed by atoms with Crippen molar-refractivity contribution >= 4 is 11.8 Å². The van der Waals surface area contributed by atoms with E-state index < -0.39 is 0 Å². The number of nitrogen functional groups attached to an aromatic ring is 1. The minimum Gasteiger partial charge on any atom is -0.355 e. The van der Waals surface area contributed by atoms with Crippen LogP contribution in [0.4, 0.5) is 0 Å². The highest BCUT2D eigenvalue weighted by Crippen LogP contribution is 2.07. The van der Waals surface area contributed by atoms with Crippen LogP contribution in [0, 0.1) is 0 Å². The Hall–Kier alpha value is -1.92. The zero-order chi connectivity index (χ0) is 15.0. The first-order valence-corrected chi connectivity index (χ1v) is 6.62. The average molecular weight is 278 g/mol. The summed E-state index contributed by atoms with van der Waals surface area (Å²) in [5, 5.41) is 2.83. The zero-order valence-electron chi connectivity index (χ0n) is 12.0. The van der Waals surface area contributed by atoms with E-state index in [9.17, 15) is 9.59 Å². The van der Waals surface area contributed by atoms with Crippen molar-refractivity contribution < 1.29 is 9.59 Å². The highest BCUT2D eigenvalue weighted by atomic mass is 16.2. The second-order valence-electron chi connectivity index (χ2n) is 4.70. The summed E-state index contributed by atoms with van der Waals surface area (Å²) in [5.74, 6) is 4.79. The van der Waals surface area contributed by atoms with Crippen LogP contribution in [0.1, 0.15) is 29.3 Å². The summed E-state index contributed by atoms with van der Waals surface area (Å²) in [5.41, 5.74) is 3.56. The molecule has 0 aliphatic carbocycles. The molecular weight excluding hydrogens is 256 g/mol. The van der Waals surface area contributed by atoms with Crippen LogP contribution in [0.2, 0.25) is 0 Å². The van der Waals surface area contributed by atoms with Gasteiger partial charge in [-0.05, 0) is 31.2 Å². The summed E-state index contributed by atoms with van der Waals surface area (Å²) >= 11 is 0. The molecule has 0 heterocycles. The number of likely N-dealkylation sites (N-methyl/N-ethyl adjacent to an activating group) is 1. The predicted molar refractivity (Wildman–Crippen MR) is 77.7 cm³/mol. The maximum absolute atomic E-state index is 11.6. The summed E-state index contributed by atoms with van der Waals surface area (Å²) in [6.45, 7) is 3.62. The summed E-state index contributed by atoms with van der Waals surface area (Å²) in [4.78, 5) is 24.9. The van der Waals surface area contributed by atoms with Gasteiger partial charge in [-0.2, -0.15) is 0 Å². The highest BCUT2D eigenvalue weighted by Gasteiger charge is 2.08. The molecule has 0 saturated carbocycles. The third-order valence-corrected chi connectivity index (χ3v) is 2.76. The number of carbonyl (C=O) groups excluding carboxylic acids is 2. The van der Waals surface area contributed by atoms with Crippen LogP contribution in [0.3, 0.4) is 0 Å². The Morgan fingerprint density at radius 3 is 2.75 bits per heavy atom. The summed E-state index contributed by atoms with van der Waals surface area (Å²) in [6, 6.07) is 7.17. The molecule has 0 unspecified atom stereocenters. The lowest BCUT2D eigenvalue weighted by atomic mass is 10.1. The van der Waals surface area contributed by atoms with Crippen LogP contribution < -0.4 is 16.6 Å².